The number of aryl methyl sites for hydroxylation is 3. The highest BCUT2D eigenvalue weighted by Gasteiger charge is 2.12. The van der Waals surface area contributed by atoms with E-state index >= 15 is 0 Å². The van der Waals surface area contributed by atoms with Gasteiger partial charge in [0.1, 0.15) is 5.82 Å². The maximum absolute atomic E-state index is 10.6. The van der Waals surface area contributed by atoms with Crippen LogP contribution in [0.1, 0.15) is 36.2 Å². The molecule has 2 aromatic rings. The molecule has 1 aliphatic carbocycles. The van der Waals surface area contributed by atoms with Gasteiger partial charge in [-0.05, 0) is 48.9 Å². The molecule has 0 atom stereocenters. The van der Waals surface area contributed by atoms with Crippen LogP contribution in [-0.2, 0) is 24.1 Å². The number of aliphatic carboxylic acids is 1. The Morgan fingerprint density at radius 3 is 2.72 bits per heavy atom. The van der Waals surface area contributed by atoms with Gasteiger partial charge in [0.15, 0.2) is 0 Å². The van der Waals surface area contributed by atoms with Crippen molar-refractivity contribution in [2.75, 3.05) is 0 Å². The lowest BCUT2D eigenvalue weighted by Gasteiger charge is -2.14. The van der Waals surface area contributed by atoms with Crippen molar-refractivity contribution in [1.82, 2.24) is 9.97 Å². The van der Waals surface area contributed by atoms with Crippen molar-refractivity contribution in [3.8, 4) is 0 Å². The molecule has 0 radical (unpaired) electrons. The SMILES string of the molecule is O=C(O)CCc1nc2cc3c(cc2[nH]1)CCCC3. The number of fused-ring (bicyclic) bond motifs is 2. The van der Waals surface area contributed by atoms with Crippen LogP contribution in [0.4, 0.5) is 0 Å². The third-order valence-electron chi connectivity index (χ3n) is 3.57. The van der Waals surface area contributed by atoms with Crippen molar-refractivity contribution < 1.29 is 9.90 Å². The van der Waals surface area contributed by atoms with Crippen molar-refractivity contribution >= 4 is 17.0 Å². The monoisotopic (exact) mass is 244 g/mol. The fraction of sp³-hybridized carbons (Fsp3) is 0.429. The Balaban J connectivity index is 1.93. The zero-order valence-corrected chi connectivity index (χ0v) is 10.2. The van der Waals surface area contributed by atoms with Crippen molar-refractivity contribution in [3.05, 3.63) is 29.1 Å². The Morgan fingerprint density at radius 1 is 1.28 bits per heavy atom. The van der Waals surface area contributed by atoms with Crippen LogP contribution in [0, 0.1) is 0 Å². The standard InChI is InChI=1S/C14H16N2O2/c17-14(18)6-5-13-15-11-7-9-3-1-2-4-10(9)8-12(11)16-13/h7-8H,1-6H2,(H,15,16)(H,17,18). The van der Waals surface area contributed by atoms with Gasteiger partial charge in [0.05, 0.1) is 17.5 Å². The van der Waals surface area contributed by atoms with E-state index in [0.717, 1.165) is 29.7 Å². The number of benzene rings is 1. The molecule has 18 heavy (non-hydrogen) atoms. The first-order valence-corrected chi connectivity index (χ1v) is 6.44. The van der Waals surface area contributed by atoms with Gasteiger partial charge in [-0.15, -0.1) is 0 Å². The number of rotatable bonds is 3. The van der Waals surface area contributed by atoms with Crippen LogP contribution in [0.15, 0.2) is 12.1 Å². The highest BCUT2D eigenvalue weighted by Crippen LogP contribution is 2.25. The Bertz CT molecular complexity index is 558. The third kappa shape index (κ3) is 2.10. The maximum Gasteiger partial charge on any atom is 0.303 e. The van der Waals surface area contributed by atoms with Gasteiger partial charge in [-0.1, -0.05) is 0 Å². The number of H-pyrrole nitrogens is 1. The van der Waals surface area contributed by atoms with Gasteiger partial charge in [-0.25, -0.2) is 4.98 Å². The topological polar surface area (TPSA) is 66.0 Å². The summed E-state index contributed by atoms with van der Waals surface area (Å²) in [7, 11) is 0. The van der Waals surface area contributed by atoms with E-state index in [2.05, 4.69) is 22.1 Å². The summed E-state index contributed by atoms with van der Waals surface area (Å²) in [5, 5.41) is 8.68. The quantitative estimate of drug-likeness (QED) is 0.871. The number of aromatic nitrogens is 2. The fourth-order valence-electron chi connectivity index (χ4n) is 2.64. The zero-order valence-electron chi connectivity index (χ0n) is 10.2. The minimum absolute atomic E-state index is 0.125. The van der Waals surface area contributed by atoms with Crippen molar-refractivity contribution in [1.29, 1.82) is 0 Å². The van der Waals surface area contributed by atoms with E-state index in [-0.39, 0.29) is 6.42 Å². The number of hydrogen-bond acceptors (Lipinski definition) is 2. The van der Waals surface area contributed by atoms with Crippen molar-refractivity contribution in [3.63, 3.8) is 0 Å². The van der Waals surface area contributed by atoms with Gasteiger partial charge < -0.3 is 10.1 Å². The van der Waals surface area contributed by atoms with Gasteiger partial charge >= 0.3 is 5.97 Å². The number of carboxylic acid groups (broad SMARTS) is 1. The molecule has 0 saturated carbocycles. The minimum atomic E-state index is -0.783. The Morgan fingerprint density at radius 2 is 2.00 bits per heavy atom. The molecule has 94 valence electrons. The first-order chi connectivity index (χ1) is 8.72. The van der Waals surface area contributed by atoms with E-state index < -0.39 is 5.97 Å². The number of carboxylic acids is 1. The normalized spacial score (nSPS) is 14.7. The number of nitrogens with zero attached hydrogens (tertiary/aromatic N) is 1. The van der Waals surface area contributed by atoms with Crippen molar-refractivity contribution in [2.45, 2.75) is 38.5 Å². The van der Waals surface area contributed by atoms with Gasteiger partial charge in [-0.3, -0.25) is 4.79 Å². The average Bonchev–Trinajstić information content (AvgIpc) is 2.75. The molecule has 0 unspecified atom stereocenters. The lowest BCUT2D eigenvalue weighted by molar-refractivity contribution is -0.137. The summed E-state index contributed by atoms with van der Waals surface area (Å²) in [5.41, 5.74) is 4.83. The molecular weight excluding hydrogens is 228 g/mol. The molecule has 3 rings (SSSR count). The summed E-state index contributed by atoms with van der Waals surface area (Å²) in [4.78, 5) is 18.3. The molecule has 4 heteroatoms. The summed E-state index contributed by atoms with van der Waals surface area (Å²) in [6.07, 6.45) is 5.40. The molecule has 0 aliphatic heterocycles. The van der Waals surface area contributed by atoms with E-state index in [9.17, 15) is 4.79 Å². The van der Waals surface area contributed by atoms with E-state index in [1.54, 1.807) is 0 Å². The molecule has 1 aromatic heterocycles. The highest BCUT2D eigenvalue weighted by molar-refractivity contribution is 5.77. The van der Waals surface area contributed by atoms with Crippen LogP contribution in [0.25, 0.3) is 11.0 Å². The largest absolute Gasteiger partial charge is 0.481 e. The molecular formula is C14H16N2O2. The van der Waals surface area contributed by atoms with Crippen LogP contribution in [-0.4, -0.2) is 21.0 Å². The summed E-state index contributed by atoms with van der Waals surface area (Å²) in [6, 6.07) is 4.34. The number of nitrogens with one attached hydrogen (secondary N) is 1. The summed E-state index contributed by atoms with van der Waals surface area (Å²) in [6.45, 7) is 0. The Labute approximate surface area is 105 Å². The molecule has 4 nitrogen and oxygen atoms in total. The lowest BCUT2D eigenvalue weighted by Crippen LogP contribution is -2.01. The third-order valence-corrected chi connectivity index (χ3v) is 3.57. The van der Waals surface area contributed by atoms with E-state index in [1.807, 2.05) is 0 Å². The molecule has 1 heterocycles. The van der Waals surface area contributed by atoms with Gasteiger partial charge in [0.2, 0.25) is 0 Å². The van der Waals surface area contributed by atoms with Crippen LogP contribution in [0.5, 0.6) is 0 Å². The Kier molecular flexibility index (Phi) is 2.78. The first-order valence-electron chi connectivity index (χ1n) is 6.44. The van der Waals surface area contributed by atoms with Gasteiger partial charge in [0, 0.05) is 6.42 Å². The van der Waals surface area contributed by atoms with E-state index in [0.29, 0.717) is 6.42 Å². The Hall–Kier alpha value is -1.84. The molecule has 1 aliphatic rings. The highest BCUT2D eigenvalue weighted by atomic mass is 16.4. The van der Waals surface area contributed by atoms with E-state index in [1.165, 1.54) is 24.0 Å². The predicted octanol–water partition coefficient (Wildman–Crippen LogP) is 2.46. The predicted molar refractivity (Wildman–Crippen MR) is 68.7 cm³/mol. The van der Waals surface area contributed by atoms with Gasteiger partial charge in [-0.2, -0.15) is 0 Å². The van der Waals surface area contributed by atoms with Crippen LogP contribution in [0.3, 0.4) is 0 Å². The smallest absolute Gasteiger partial charge is 0.303 e. The second kappa shape index (κ2) is 4.44. The van der Waals surface area contributed by atoms with Crippen LogP contribution in [0.2, 0.25) is 0 Å². The van der Waals surface area contributed by atoms with Crippen LogP contribution >= 0.6 is 0 Å². The molecule has 2 N–H and O–H groups in total. The molecule has 0 fully saturated rings. The number of carbonyl (C=O) groups is 1. The van der Waals surface area contributed by atoms with Crippen molar-refractivity contribution in [2.24, 2.45) is 0 Å². The minimum Gasteiger partial charge on any atom is -0.481 e. The molecule has 0 saturated heterocycles. The number of aromatic amines is 1. The average molecular weight is 244 g/mol. The second-order valence-corrected chi connectivity index (χ2v) is 4.92. The number of hydrogen-bond donors (Lipinski definition) is 2. The summed E-state index contributed by atoms with van der Waals surface area (Å²) < 4.78 is 0. The lowest BCUT2D eigenvalue weighted by atomic mass is 9.91. The van der Waals surface area contributed by atoms with Gasteiger partial charge in [0.25, 0.3) is 0 Å². The summed E-state index contributed by atoms with van der Waals surface area (Å²) in [5.74, 6) is -0.00972. The molecule has 0 bridgehead atoms. The summed E-state index contributed by atoms with van der Waals surface area (Å²) >= 11 is 0. The van der Waals surface area contributed by atoms with Crippen LogP contribution < -0.4 is 0 Å². The maximum atomic E-state index is 10.6. The molecule has 1 aromatic carbocycles. The fourth-order valence-corrected chi connectivity index (χ4v) is 2.64. The zero-order chi connectivity index (χ0) is 12.5. The van der Waals surface area contributed by atoms with E-state index in [4.69, 9.17) is 5.11 Å². The first kappa shape index (κ1) is 11.3. The molecule has 0 amide bonds. The number of imidazole rings is 1. The second-order valence-electron chi connectivity index (χ2n) is 4.92. The molecule has 0 spiro atoms.